The molecule has 0 atom stereocenters. The number of Topliss-reactive ketones (excluding diaryl/α,β-unsaturated/α-hetero) is 1. The second kappa shape index (κ2) is 19.9. The molecule has 2 aliphatic rings. The van der Waals surface area contributed by atoms with Crippen LogP contribution in [0.25, 0.3) is 33.3 Å². The van der Waals surface area contributed by atoms with Crippen molar-refractivity contribution in [2.75, 3.05) is 42.5 Å². The SMILES string of the molecule is Cn1ncc2cccc(N(Cc3ccc(-c4nnc(C(F)F)o4)cc3F)C(=O)N3CCCCC3)c21.Cn1ncc2cccc(N(Cc3ccc(C(=O)CN)cc3F)C(=O)N3CCCCC3)c21. The molecule has 3 aromatic heterocycles. The molecule has 4 amide bonds. The second-order valence-electron chi connectivity index (χ2n) is 16.3. The number of ketones is 1. The van der Waals surface area contributed by atoms with Gasteiger partial charge in [0.05, 0.1) is 54.4 Å². The Morgan fingerprint density at radius 1 is 0.682 bits per heavy atom. The van der Waals surface area contributed by atoms with Crippen LogP contribution in [0.2, 0.25) is 0 Å². The van der Waals surface area contributed by atoms with Crippen molar-refractivity contribution in [1.82, 2.24) is 39.6 Å². The average molecular weight is 908 g/mol. The molecule has 0 spiro atoms. The molecule has 7 aromatic rings. The van der Waals surface area contributed by atoms with Gasteiger partial charge < -0.3 is 20.0 Å². The molecular weight excluding hydrogens is 859 g/mol. The molecule has 0 radical (unpaired) electrons. The van der Waals surface area contributed by atoms with E-state index < -0.39 is 24.0 Å². The van der Waals surface area contributed by atoms with E-state index in [2.05, 4.69) is 20.4 Å². The third-order valence-electron chi connectivity index (χ3n) is 11.9. The Morgan fingerprint density at radius 3 is 1.64 bits per heavy atom. The van der Waals surface area contributed by atoms with Gasteiger partial charge in [0.25, 0.3) is 5.89 Å². The summed E-state index contributed by atoms with van der Waals surface area (Å²) in [7, 11) is 3.62. The number of nitrogens with zero attached hydrogens (tertiary/aromatic N) is 10. The Balaban J connectivity index is 0.000000181. The Kier molecular flexibility index (Phi) is 13.7. The van der Waals surface area contributed by atoms with Crippen molar-refractivity contribution in [1.29, 1.82) is 0 Å². The van der Waals surface area contributed by atoms with E-state index in [1.165, 1.54) is 18.2 Å². The number of aryl methyl sites for hydroxylation is 2. The minimum Gasteiger partial charge on any atom is -0.415 e. The molecule has 0 aliphatic carbocycles. The van der Waals surface area contributed by atoms with Crippen molar-refractivity contribution < 1.29 is 36.4 Å². The number of halogens is 4. The fourth-order valence-corrected chi connectivity index (χ4v) is 8.44. The second-order valence-corrected chi connectivity index (χ2v) is 16.3. The van der Waals surface area contributed by atoms with Gasteiger partial charge in [-0.3, -0.25) is 24.0 Å². The first-order valence-electron chi connectivity index (χ1n) is 21.8. The van der Waals surface area contributed by atoms with Crippen molar-refractivity contribution in [3.8, 4) is 11.5 Å². The van der Waals surface area contributed by atoms with Crippen LogP contribution in [0.3, 0.4) is 0 Å². The molecule has 2 saturated heterocycles. The number of urea groups is 2. The maximum Gasteiger partial charge on any atom is 0.324 e. The number of likely N-dealkylation sites (tertiary alicyclic amines) is 2. The summed E-state index contributed by atoms with van der Waals surface area (Å²) < 4.78 is 64.0. The summed E-state index contributed by atoms with van der Waals surface area (Å²) in [6.45, 7) is 2.48. The van der Waals surface area contributed by atoms with Gasteiger partial charge in [-0.2, -0.15) is 19.0 Å². The number of para-hydroxylation sites is 2. The van der Waals surface area contributed by atoms with Crippen LogP contribution < -0.4 is 15.5 Å². The minimum absolute atomic E-state index is 0.0299. The zero-order valence-electron chi connectivity index (χ0n) is 36.5. The Hall–Kier alpha value is -7.15. The fraction of sp³-hybridized carbons (Fsp3) is 0.340. The normalized spacial score (nSPS) is 14.1. The average Bonchev–Trinajstić information content (AvgIpc) is 4.10. The molecule has 344 valence electrons. The Labute approximate surface area is 377 Å². The van der Waals surface area contributed by atoms with Gasteiger partial charge in [0, 0.05) is 73.3 Å². The maximum absolute atomic E-state index is 15.2. The Bertz CT molecular complexity index is 2870. The van der Waals surface area contributed by atoms with E-state index in [9.17, 15) is 27.6 Å². The molecule has 2 N–H and O–H groups in total. The van der Waals surface area contributed by atoms with Crippen LogP contribution in [-0.4, -0.2) is 90.1 Å². The summed E-state index contributed by atoms with van der Waals surface area (Å²) in [6, 6.07) is 19.3. The highest BCUT2D eigenvalue weighted by Gasteiger charge is 2.29. The predicted octanol–water partition coefficient (Wildman–Crippen LogP) is 8.78. The first kappa shape index (κ1) is 45.4. The molecule has 0 saturated carbocycles. The smallest absolute Gasteiger partial charge is 0.324 e. The summed E-state index contributed by atoms with van der Waals surface area (Å²) >= 11 is 0. The van der Waals surface area contributed by atoms with Gasteiger partial charge in [-0.15, -0.1) is 10.2 Å². The van der Waals surface area contributed by atoms with E-state index in [4.69, 9.17) is 10.2 Å². The molecule has 2 fully saturated rings. The number of hydrogen-bond acceptors (Lipinski definition) is 9. The van der Waals surface area contributed by atoms with Crippen LogP contribution in [0.5, 0.6) is 0 Å². The molecule has 4 aromatic carbocycles. The van der Waals surface area contributed by atoms with Gasteiger partial charge in [-0.05, 0) is 68.9 Å². The number of piperidine rings is 2. The summed E-state index contributed by atoms with van der Waals surface area (Å²) in [5.74, 6) is -2.51. The van der Waals surface area contributed by atoms with Crippen molar-refractivity contribution in [2.24, 2.45) is 19.8 Å². The first-order valence-corrected chi connectivity index (χ1v) is 21.8. The highest BCUT2D eigenvalue weighted by Crippen LogP contribution is 2.33. The van der Waals surface area contributed by atoms with Gasteiger partial charge >= 0.3 is 18.5 Å². The third-order valence-corrected chi connectivity index (χ3v) is 11.9. The lowest BCUT2D eigenvalue weighted by Crippen LogP contribution is -2.45. The van der Waals surface area contributed by atoms with Gasteiger partial charge in [0.1, 0.15) is 11.6 Å². The van der Waals surface area contributed by atoms with Crippen LogP contribution in [0.1, 0.15) is 72.3 Å². The summed E-state index contributed by atoms with van der Waals surface area (Å²) in [5.41, 5.74) is 9.25. The summed E-state index contributed by atoms with van der Waals surface area (Å²) in [6.07, 6.45) is 6.48. The number of carbonyl (C=O) groups is 3. The lowest BCUT2D eigenvalue weighted by atomic mass is 10.1. The molecule has 5 heterocycles. The van der Waals surface area contributed by atoms with E-state index >= 15 is 4.39 Å². The van der Waals surface area contributed by atoms with E-state index in [-0.39, 0.29) is 60.1 Å². The molecular formula is C47H49F4N11O4. The lowest BCUT2D eigenvalue weighted by Gasteiger charge is -2.33. The van der Waals surface area contributed by atoms with Crippen LogP contribution in [0, 0.1) is 11.6 Å². The molecule has 19 heteroatoms. The highest BCUT2D eigenvalue weighted by molar-refractivity contribution is 6.03. The number of fused-ring (bicyclic) bond motifs is 2. The van der Waals surface area contributed by atoms with Gasteiger partial charge in [0.2, 0.25) is 5.89 Å². The zero-order chi connectivity index (χ0) is 46.5. The summed E-state index contributed by atoms with van der Waals surface area (Å²) in [5, 5.41) is 17.2. The minimum atomic E-state index is -2.91. The monoisotopic (exact) mass is 907 g/mol. The number of alkyl halides is 2. The van der Waals surface area contributed by atoms with Crippen molar-refractivity contribution >= 4 is 51.0 Å². The Morgan fingerprint density at radius 2 is 1.18 bits per heavy atom. The van der Waals surface area contributed by atoms with E-state index in [0.29, 0.717) is 43.1 Å². The molecule has 66 heavy (non-hydrogen) atoms. The van der Waals surface area contributed by atoms with E-state index in [1.54, 1.807) is 55.6 Å². The third kappa shape index (κ3) is 9.61. The molecule has 15 nitrogen and oxygen atoms in total. The first-order chi connectivity index (χ1) is 31.9. The number of rotatable bonds is 10. The van der Waals surface area contributed by atoms with Crippen LogP contribution in [0.4, 0.5) is 38.5 Å². The van der Waals surface area contributed by atoms with Crippen LogP contribution in [0.15, 0.2) is 89.6 Å². The highest BCUT2D eigenvalue weighted by atomic mass is 19.3. The van der Waals surface area contributed by atoms with Gasteiger partial charge in [0.15, 0.2) is 5.78 Å². The van der Waals surface area contributed by atoms with Crippen molar-refractivity contribution in [2.45, 2.75) is 58.0 Å². The number of aromatic nitrogens is 6. The number of anilines is 2. The van der Waals surface area contributed by atoms with Crippen LogP contribution >= 0.6 is 0 Å². The quantitative estimate of drug-likeness (QED) is 0.104. The fourth-order valence-electron chi connectivity index (χ4n) is 8.44. The molecule has 9 rings (SSSR count). The lowest BCUT2D eigenvalue weighted by molar-refractivity contribution is 0.100. The number of benzene rings is 4. The number of carbonyl (C=O) groups excluding carboxylic acids is 3. The number of nitrogens with two attached hydrogens (primary N) is 1. The summed E-state index contributed by atoms with van der Waals surface area (Å²) in [4.78, 5) is 45.8. The zero-order valence-corrected chi connectivity index (χ0v) is 36.5. The number of amides is 4. The topological polar surface area (TPSA) is 165 Å². The van der Waals surface area contributed by atoms with Crippen LogP contribution in [-0.2, 0) is 27.2 Å². The van der Waals surface area contributed by atoms with Gasteiger partial charge in [-0.25, -0.2) is 18.4 Å². The maximum atomic E-state index is 15.2. The standard InChI is InChI=1S/C24H23F3N6O2.C23H26FN5O2/c1-31-20-16(13-28-31)6-5-7-19(20)33(24(34)32-10-3-2-4-11-32)14-17-9-8-15(12-18(17)25)22-29-30-23(35-22)21(26)27;1-27-22-17(14-26-27)6-5-7-20(22)29(23(31)28-10-3-2-4-11-28)15-18-9-8-16(12-19(18)24)21(30)13-25/h5-9,12-13,21H,2-4,10-11,14H2,1H3;5-9,12,14H,2-4,10-11,13,15,25H2,1H3. The molecule has 0 bridgehead atoms. The van der Waals surface area contributed by atoms with E-state index in [0.717, 1.165) is 66.4 Å². The van der Waals surface area contributed by atoms with E-state index in [1.807, 2.05) is 48.3 Å². The molecule has 0 unspecified atom stereocenters. The van der Waals surface area contributed by atoms with Gasteiger partial charge in [-0.1, -0.05) is 42.5 Å². The van der Waals surface area contributed by atoms with Crippen molar-refractivity contribution in [3.63, 3.8) is 0 Å². The largest absolute Gasteiger partial charge is 0.415 e. The molecule has 2 aliphatic heterocycles. The van der Waals surface area contributed by atoms with Crippen molar-refractivity contribution in [3.05, 3.63) is 119 Å². The number of hydrogen-bond donors (Lipinski definition) is 1. The predicted molar refractivity (Wildman–Crippen MR) is 240 cm³/mol.